The topological polar surface area (TPSA) is 92.7 Å². The molecular formula is C8H8N4OS. The normalized spacial score (nSPS) is 9.43. The summed E-state index contributed by atoms with van der Waals surface area (Å²) in [7, 11) is 0. The summed E-state index contributed by atoms with van der Waals surface area (Å²) in [6, 6.07) is 1.76. The Hall–Kier alpha value is -1.61. The third-order valence-corrected chi connectivity index (χ3v) is 2.08. The van der Waals surface area contributed by atoms with Gasteiger partial charge in [-0.15, -0.1) is 0 Å². The molecule has 0 bridgehead atoms. The fourth-order valence-corrected chi connectivity index (χ4v) is 1.21. The van der Waals surface area contributed by atoms with Gasteiger partial charge in [0.15, 0.2) is 10.9 Å². The van der Waals surface area contributed by atoms with Crippen LogP contribution >= 0.6 is 11.8 Å². The van der Waals surface area contributed by atoms with Crippen LogP contribution in [0, 0.1) is 11.3 Å². The number of nitrogens with zero attached hydrogens (tertiary/aromatic N) is 3. The SMILES string of the molecule is CSc1ncc(C(=O)CC#N)c(N)n1. The van der Waals surface area contributed by atoms with Gasteiger partial charge in [-0.1, -0.05) is 11.8 Å². The number of nitrogen functional groups attached to an aromatic ring is 1. The molecular weight excluding hydrogens is 200 g/mol. The second kappa shape index (κ2) is 4.58. The number of carbonyl (C=O) groups excluding carboxylic acids is 1. The molecule has 1 aromatic heterocycles. The Balaban J connectivity index is 3.01. The van der Waals surface area contributed by atoms with Crippen LogP contribution < -0.4 is 5.73 Å². The van der Waals surface area contributed by atoms with Crippen LogP contribution in [-0.4, -0.2) is 22.0 Å². The average Bonchev–Trinajstić information content (AvgIpc) is 2.17. The summed E-state index contributed by atoms with van der Waals surface area (Å²) in [6.07, 6.45) is 2.96. The van der Waals surface area contributed by atoms with Gasteiger partial charge >= 0.3 is 0 Å². The van der Waals surface area contributed by atoms with Crippen LogP contribution in [0.2, 0.25) is 0 Å². The number of ketones is 1. The summed E-state index contributed by atoms with van der Waals surface area (Å²) >= 11 is 1.34. The van der Waals surface area contributed by atoms with Gasteiger partial charge in [-0.05, 0) is 6.26 Å². The molecule has 0 atom stereocenters. The van der Waals surface area contributed by atoms with Crippen molar-refractivity contribution in [1.29, 1.82) is 5.26 Å². The molecule has 0 radical (unpaired) electrons. The van der Waals surface area contributed by atoms with E-state index < -0.39 is 0 Å². The van der Waals surface area contributed by atoms with E-state index in [9.17, 15) is 4.79 Å². The summed E-state index contributed by atoms with van der Waals surface area (Å²) in [5, 5.41) is 8.84. The van der Waals surface area contributed by atoms with Crippen molar-refractivity contribution in [3.63, 3.8) is 0 Å². The van der Waals surface area contributed by atoms with Crippen LogP contribution in [0.4, 0.5) is 5.82 Å². The van der Waals surface area contributed by atoms with Crippen molar-refractivity contribution in [2.24, 2.45) is 0 Å². The first-order chi connectivity index (χ1) is 6.69. The first-order valence-electron chi connectivity index (χ1n) is 3.75. The Bertz CT molecular complexity index is 399. The summed E-state index contributed by atoms with van der Waals surface area (Å²) < 4.78 is 0. The van der Waals surface area contributed by atoms with Gasteiger partial charge in [0, 0.05) is 6.20 Å². The predicted octanol–water partition coefficient (Wildman–Crippen LogP) is 0.877. The minimum absolute atomic E-state index is 0.129. The van der Waals surface area contributed by atoms with Gasteiger partial charge in [0.1, 0.15) is 5.82 Å². The van der Waals surface area contributed by atoms with Crippen molar-refractivity contribution in [3.05, 3.63) is 11.8 Å². The molecule has 72 valence electrons. The largest absolute Gasteiger partial charge is 0.383 e. The Morgan fingerprint density at radius 3 is 3.00 bits per heavy atom. The van der Waals surface area contributed by atoms with E-state index in [4.69, 9.17) is 11.0 Å². The smallest absolute Gasteiger partial charge is 0.189 e. The van der Waals surface area contributed by atoms with E-state index in [0.29, 0.717) is 5.16 Å². The molecule has 1 rings (SSSR count). The molecule has 1 heterocycles. The molecule has 0 aliphatic rings. The maximum atomic E-state index is 11.3. The van der Waals surface area contributed by atoms with Crippen molar-refractivity contribution in [2.75, 3.05) is 12.0 Å². The van der Waals surface area contributed by atoms with Gasteiger partial charge in [-0.2, -0.15) is 5.26 Å². The third-order valence-electron chi connectivity index (χ3n) is 1.52. The van der Waals surface area contributed by atoms with E-state index in [0.717, 1.165) is 0 Å². The van der Waals surface area contributed by atoms with E-state index in [2.05, 4.69) is 9.97 Å². The summed E-state index contributed by atoms with van der Waals surface area (Å²) in [5.74, 6) is -0.220. The van der Waals surface area contributed by atoms with Crippen LogP contribution in [0.1, 0.15) is 16.8 Å². The van der Waals surface area contributed by atoms with Crippen LogP contribution in [0.5, 0.6) is 0 Å². The maximum Gasteiger partial charge on any atom is 0.189 e. The molecule has 0 aliphatic heterocycles. The Morgan fingerprint density at radius 2 is 2.50 bits per heavy atom. The molecule has 0 fully saturated rings. The molecule has 1 aromatic rings. The number of rotatable bonds is 3. The van der Waals surface area contributed by atoms with Gasteiger partial charge in [0.05, 0.1) is 18.1 Å². The molecule has 0 spiro atoms. The summed E-state index contributed by atoms with van der Waals surface area (Å²) in [4.78, 5) is 19.1. The molecule has 14 heavy (non-hydrogen) atoms. The minimum Gasteiger partial charge on any atom is -0.383 e. The number of nitriles is 1. The average molecular weight is 208 g/mol. The lowest BCUT2D eigenvalue weighted by Crippen LogP contribution is -2.06. The van der Waals surface area contributed by atoms with Gasteiger partial charge < -0.3 is 5.73 Å². The molecule has 6 heteroatoms. The molecule has 0 unspecified atom stereocenters. The van der Waals surface area contributed by atoms with Crippen molar-refractivity contribution in [2.45, 2.75) is 11.6 Å². The van der Waals surface area contributed by atoms with Crippen molar-refractivity contribution >= 4 is 23.4 Å². The highest BCUT2D eigenvalue weighted by Gasteiger charge is 2.11. The standard InChI is InChI=1S/C8H8N4OS/c1-14-8-11-4-5(7(10)12-8)6(13)2-3-9/h4H,2H2,1H3,(H2,10,11,12). The van der Waals surface area contributed by atoms with Crippen LogP contribution in [0.3, 0.4) is 0 Å². The molecule has 2 N–H and O–H groups in total. The molecule has 5 nitrogen and oxygen atoms in total. The van der Waals surface area contributed by atoms with Gasteiger partial charge in [-0.25, -0.2) is 9.97 Å². The van der Waals surface area contributed by atoms with Crippen molar-refractivity contribution in [1.82, 2.24) is 9.97 Å². The predicted molar refractivity (Wildman–Crippen MR) is 52.8 cm³/mol. The minimum atomic E-state index is -0.349. The summed E-state index contributed by atoms with van der Waals surface area (Å²) in [5.41, 5.74) is 5.75. The second-order valence-electron chi connectivity index (χ2n) is 2.41. The molecule has 0 aliphatic carbocycles. The number of aromatic nitrogens is 2. The Labute approximate surface area is 85.3 Å². The van der Waals surface area contributed by atoms with Crippen molar-refractivity contribution < 1.29 is 4.79 Å². The number of nitrogens with two attached hydrogens (primary N) is 1. The fraction of sp³-hybridized carbons (Fsp3) is 0.250. The zero-order chi connectivity index (χ0) is 10.6. The maximum absolute atomic E-state index is 11.3. The van der Waals surface area contributed by atoms with E-state index in [1.54, 1.807) is 6.07 Å². The molecule has 0 amide bonds. The van der Waals surface area contributed by atoms with Gasteiger partial charge in [0.2, 0.25) is 0 Å². The highest BCUT2D eigenvalue weighted by molar-refractivity contribution is 7.98. The van der Waals surface area contributed by atoms with E-state index in [1.165, 1.54) is 18.0 Å². The third kappa shape index (κ3) is 2.20. The van der Waals surface area contributed by atoms with Gasteiger partial charge in [-0.3, -0.25) is 4.79 Å². The number of hydrogen-bond acceptors (Lipinski definition) is 6. The number of thioether (sulfide) groups is 1. The lowest BCUT2D eigenvalue weighted by atomic mass is 10.1. The van der Waals surface area contributed by atoms with E-state index in [1.807, 2.05) is 6.26 Å². The Morgan fingerprint density at radius 1 is 1.79 bits per heavy atom. The van der Waals surface area contributed by atoms with Crippen LogP contribution in [0.15, 0.2) is 11.4 Å². The first kappa shape index (κ1) is 10.5. The second-order valence-corrected chi connectivity index (χ2v) is 3.19. The lowest BCUT2D eigenvalue weighted by Gasteiger charge is -2.01. The number of anilines is 1. The van der Waals surface area contributed by atoms with E-state index in [-0.39, 0.29) is 23.6 Å². The van der Waals surface area contributed by atoms with Gasteiger partial charge in [0.25, 0.3) is 0 Å². The molecule has 0 saturated heterocycles. The number of hydrogen-bond donors (Lipinski definition) is 1. The highest BCUT2D eigenvalue weighted by atomic mass is 32.2. The zero-order valence-corrected chi connectivity index (χ0v) is 8.34. The highest BCUT2D eigenvalue weighted by Crippen LogP contribution is 2.14. The molecule has 0 aromatic carbocycles. The number of Topliss-reactive ketones (excluding diaryl/α,β-unsaturated/α-hetero) is 1. The fourth-order valence-electron chi connectivity index (χ4n) is 0.858. The monoisotopic (exact) mass is 208 g/mol. The van der Waals surface area contributed by atoms with Crippen LogP contribution in [-0.2, 0) is 0 Å². The van der Waals surface area contributed by atoms with E-state index >= 15 is 0 Å². The summed E-state index contributed by atoms with van der Waals surface area (Å²) in [6.45, 7) is 0. The zero-order valence-electron chi connectivity index (χ0n) is 7.52. The quantitative estimate of drug-likeness (QED) is 0.450. The van der Waals surface area contributed by atoms with Crippen LogP contribution in [0.25, 0.3) is 0 Å². The molecule has 0 saturated carbocycles. The van der Waals surface area contributed by atoms with Crippen molar-refractivity contribution in [3.8, 4) is 6.07 Å². The first-order valence-corrected chi connectivity index (χ1v) is 4.98. The Kier molecular flexibility index (Phi) is 3.42. The number of carbonyl (C=O) groups is 1. The lowest BCUT2D eigenvalue weighted by molar-refractivity contribution is 0.0998.